The van der Waals surface area contributed by atoms with Gasteiger partial charge in [-0.2, -0.15) is 0 Å². The van der Waals surface area contributed by atoms with Gasteiger partial charge in [0.15, 0.2) is 5.79 Å². The van der Waals surface area contributed by atoms with Crippen LogP contribution in [0.25, 0.3) is 0 Å². The lowest BCUT2D eigenvalue weighted by atomic mass is 10.0. The highest BCUT2D eigenvalue weighted by atomic mass is 16.7. The average molecular weight is 308 g/mol. The van der Waals surface area contributed by atoms with Gasteiger partial charge in [0.2, 0.25) is 0 Å². The fourth-order valence-electron chi connectivity index (χ4n) is 2.32. The normalized spacial score (nSPS) is 17.3. The molecular weight excluding hydrogens is 286 g/mol. The molecule has 22 heavy (non-hydrogen) atoms. The summed E-state index contributed by atoms with van der Waals surface area (Å²) in [5.41, 5.74) is 2.96. The first-order chi connectivity index (χ1) is 10.2. The van der Waals surface area contributed by atoms with Gasteiger partial charge in [-0.05, 0) is 39.3 Å². The summed E-state index contributed by atoms with van der Waals surface area (Å²) in [6.45, 7) is 8.23. The van der Waals surface area contributed by atoms with E-state index >= 15 is 0 Å². The highest BCUT2D eigenvalue weighted by Gasteiger charge is 2.33. The van der Waals surface area contributed by atoms with Gasteiger partial charge in [0, 0.05) is 11.3 Å². The standard InChI is InChI=1S/C16H22NO5/c1-15(2,3)22-14(18)9-11-5-6-12(10-13(11)17-19)16(4)20-7-8-21-16/h5-6,10,17H,7-9H2,1-4H3/q-1. The second kappa shape index (κ2) is 6.24. The van der Waals surface area contributed by atoms with Crippen molar-refractivity contribution >= 4 is 11.7 Å². The predicted octanol–water partition coefficient (Wildman–Crippen LogP) is 2.70. The molecule has 0 spiro atoms. The van der Waals surface area contributed by atoms with Gasteiger partial charge in [0.25, 0.3) is 0 Å². The van der Waals surface area contributed by atoms with Gasteiger partial charge in [-0.1, -0.05) is 12.1 Å². The molecule has 122 valence electrons. The number of hydrogen-bond acceptors (Lipinski definition) is 6. The number of carbonyl (C=O) groups is 1. The van der Waals surface area contributed by atoms with Gasteiger partial charge in [-0.15, -0.1) is 0 Å². The Morgan fingerprint density at radius 1 is 1.36 bits per heavy atom. The summed E-state index contributed by atoms with van der Waals surface area (Å²) < 4.78 is 16.4. The zero-order chi connectivity index (χ0) is 16.4. The van der Waals surface area contributed by atoms with Crippen LogP contribution in [0.3, 0.4) is 0 Å². The van der Waals surface area contributed by atoms with Gasteiger partial charge in [-0.25, -0.2) is 0 Å². The lowest BCUT2D eigenvalue weighted by Crippen LogP contribution is -2.25. The summed E-state index contributed by atoms with van der Waals surface area (Å²) in [6, 6.07) is 5.17. The molecule has 0 radical (unpaired) electrons. The Kier molecular flexibility index (Phi) is 4.75. The van der Waals surface area contributed by atoms with Crippen molar-refractivity contribution in [2.24, 2.45) is 0 Å². The first kappa shape index (κ1) is 16.7. The van der Waals surface area contributed by atoms with E-state index in [4.69, 9.17) is 14.2 Å². The van der Waals surface area contributed by atoms with E-state index in [2.05, 4.69) is 0 Å². The van der Waals surface area contributed by atoms with Gasteiger partial charge in [0.1, 0.15) is 5.60 Å². The largest absolute Gasteiger partial charge is 0.761 e. The van der Waals surface area contributed by atoms with Crippen molar-refractivity contribution in [2.45, 2.75) is 45.5 Å². The highest BCUT2D eigenvalue weighted by molar-refractivity contribution is 5.76. The van der Waals surface area contributed by atoms with Gasteiger partial charge >= 0.3 is 5.97 Å². The maximum Gasteiger partial charge on any atom is 0.310 e. The van der Waals surface area contributed by atoms with E-state index in [0.29, 0.717) is 24.5 Å². The summed E-state index contributed by atoms with van der Waals surface area (Å²) in [7, 11) is 0. The second-order valence-electron chi connectivity index (χ2n) is 6.38. The third-order valence-electron chi connectivity index (χ3n) is 3.34. The summed E-state index contributed by atoms with van der Waals surface area (Å²) in [5, 5.41) is 11.2. The van der Waals surface area contributed by atoms with Crippen molar-refractivity contribution in [3.63, 3.8) is 0 Å². The minimum Gasteiger partial charge on any atom is -0.761 e. The maximum absolute atomic E-state index is 11.9. The number of esters is 1. The quantitative estimate of drug-likeness (QED) is 0.680. The van der Waals surface area contributed by atoms with Crippen LogP contribution in [-0.2, 0) is 31.2 Å². The minimum atomic E-state index is -0.851. The number of nitrogens with one attached hydrogen (secondary N) is 1. The smallest absolute Gasteiger partial charge is 0.310 e. The van der Waals surface area contributed by atoms with E-state index in [1.807, 2.05) is 5.48 Å². The third-order valence-corrected chi connectivity index (χ3v) is 3.34. The van der Waals surface area contributed by atoms with Crippen molar-refractivity contribution in [1.82, 2.24) is 0 Å². The van der Waals surface area contributed by atoms with Crippen LogP contribution in [0.15, 0.2) is 18.2 Å². The maximum atomic E-state index is 11.9. The van der Waals surface area contributed by atoms with Crippen molar-refractivity contribution in [3.8, 4) is 0 Å². The van der Waals surface area contributed by atoms with Crippen LogP contribution in [0.1, 0.15) is 38.8 Å². The Balaban J connectivity index is 2.18. The van der Waals surface area contributed by atoms with Crippen molar-refractivity contribution in [2.75, 3.05) is 18.7 Å². The molecule has 0 bridgehead atoms. The topological polar surface area (TPSA) is 79.9 Å². The molecule has 0 aromatic heterocycles. The van der Waals surface area contributed by atoms with Gasteiger partial charge in [-0.3, -0.25) is 4.79 Å². The number of hydrogen-bond donors (Lipinski definition) is 1. The molecule has 2 rings (SSSR count). The fourth-order valence-corrected chi connectivity index (χ4v) is 2.32. The van der Waals surface area contributed by atoms with E-state index in [0.717, 1.165) is 5.56 Å². The SMILES string of the molecule is CC(C)(C)OC(=O)Cc1ccc(C2(C)OCCO2)cc1N[O-]. The zero-order valence-corrected chi connectivity index (χ0v) is 13.4. The van der Waals surface area contributed by atoms with Crippen LogP contribution in [-0.4, -0.2) is 24.8 Å². The van der Waals surface area contributed by atoms with E-state index in [1.165, 1.54) is 0 Å². The minimum absolute atomic E-state index is 0.0283. The molecule has 0 aliphatic carbocycles. The van der Waals surface area contributed by atoms with Crippen molar-refractivity contribution in [1.29, 1.82) is 0 Å². The molecule has 0 atom stereocenters. The Bertz CT molecular complexity index is 544. The Morgan fingerprint density at radius 3 is 2.55 bits per heavy atom. The van der Waals surface area contributed by atoms with Crippen molar-refractivity contribution in [3.05, 3.63) is 34.5 Å². The molecule has 6 nitrogen and oxygen atoms in total. The lowest BCUT2D eigenvalue weighted by molar-refractivity contribution is -0.153. The number of rotatable bonds is 4. The fraction of sp³-hybridized carbons (Fsp3) is 0.562. The number of carbonyl (C=O) groups excluding carboxylic acids is 1. The predicted molar refractivity (Wildman–Crippen MR) is 82.2 cm³/mol. The Labute approximate surface area is 130 Å². The van der Waals surface area contributed by atoms with Crippen LogP contribution in [0.5, 0.6) is 0 Å². The van der Waals surface area contributed by atoms with E-state index in [1.54, 1.807) is 45.9 Å². The molecule has 0 saturated carbocycles. The van der Waals surface area contributed by atoms with Crippen LogP contribution < -0.4 is 5.48 Å². The summed E-state index contributed by atoms with van der Waals surface area (Å²) in [5.74, 6) is -1.23. The van der Waals surface area contributed by atoms with Crippen molar-refractivity contribution < 1.29 is 19.0 Å². The average Bonchev–Trinajstić information content (AvgIpc) is 2.85. The first-order valence-corrected chi connectivity index (χ1v) is 7.25. The molecule has 0 amide bonds. The molecule has 1 aromatic carbocycles. The molecule has 1 aliphatic heterocycles. The molecule has 1 saturated heterocycles. The summed E-state index contributed by atoms with van der Waals surface area (Å²) in [6.07, 6.45) is 0.0283. The summed E-state index contributed by atoms with van der Waals surface area (Å²) in [4.78, 5) is 11.9. The monoisotopic (exact) mass is 308 g/mol. The number of benzene rings is 1. The number of ether oxygens (including phenoxy) is 3. The lowest BCUT2D eigenvalue weighted by Gasteiger charge is -2.25. The summed E-state index contributed by atoms with van der Waals surface area (Å²) >= 11 is 0. The molecule has 1 N–H and O–H groups in total. The van der Waals surface area contributed by atoms with E-state index in [9.17, 15) is 10.0 Å². The van der Waals surface area contributed by atoms with Gasteiger partial charge < -0.3 is 24.9 Å². The van der Waals surface area contributed by atoms with Crippen LogP contribution in [0.2, 0.25) is 0 Å². The molecule has 0 unspecified atom stereocenters. The zero-order valence-electron chi connectivity index (χ0n) is 13.4. The third kappa shape index (κ3) is 3.97. The van der Waals surface area contributed by atoms with E-state index in [-0.39, 0.29) is 12.4 Å². The first-order valence-electron chi connectivity index (χ1n) is 7.25. The highest BCUT2D eigenvalue weighted by Crippen LogP contribution is 2.33. The molecule has 6 heteroatoms. The Morgan fingerprint density at radius 2 is 2.00 bits per heavy atom. The Hall–Kier alpha value is -1.63. The van der Waals surface area contributed by atoms with Gasteiger partial charge in [0.05, 0.1) is 19.6 Å². The van der Waals surface area contributed by atoms with E-state index < -0.39 is 11.4 Å². The van der Waals surface area contributed by atoms with Crippen LogP contribution >= 0.6 is 0 Å². The van der Waals surface area contributed by atoms with Crippen LogP contribution in [0.4, 0.5) is 5.69 Å². The molecule has 1 fully saturated rings. The molecule has 1 aliphatic rings. The molecule has 1 heterocycles. The molecular formula is C16H22NO5-. The van der Waals surface area contributed by atoms with Crippen LogP contribution in [0, 0.1) is 5.21 Å². The number of anilines is 1. The second-order valence-corrected chi connectivity index (χ2v) is 6.38. The molecule has 1 aromatic rings.